The van der Waals surface area contributed by atoms with E-state index in [-0.39, 0.29) is 5.41 Å². The number of hydrogen-bond acceptors (Lipinski definition) is 3. The maximum absolute atomic E-state index is 5.61. The third kappa shape index (κ3) is 8.25. The molecule has 0 fully saturated rings. The number of nitrogens with zero attached hydrogens (tertiary/aromatic N) is 1. The summed E-state index contributed by atoms with van der Waals surface area (Å²) < 4.78 is 5.61. The summed E-state index contributed by atoms with van der Waals surface area (Å²) in [6.45, 7) is 10.3. The molecule has 1 aromatic rings. The normalized spacial score (nSPS) is 11.9. The van der Waals surface area contributed by atoms with E-state index in [4.69, 9.17) is 4.74 Å². The molecule has 0 bridgehead atoms. The second kappa shape index (κ2) is 8.27. The summed E-state index contributed by atoms with van der Waals surface area (Å²) in [4.78, 5) is 7.31. The van der Waals surface area contributed by atoms with Crippen molar-refractivity contribution in [1.82, 2.24) is 15.3 Å². The van der Waals surface area contributed by atoms with Crippen LogP contribution < -0.4 is 5.32 Å². The number of aromatic nitrogens is 2. The number of nitrogens with one attached hydrogen (secondary N) is 2. The Morgan fingerprint density at radius 1 is 1.28 bits per heavy atom. The molecule has 0 unspecified atom stereocenters. The molecule has 0 spiro atoms. The van der Waals surface area contributed by atoms with Gasteiger partial charge in [0.15, 0.2) is 0 Å². The van der Waals surface area contributed by atoms with E-state index >= 15 is 0 Å². The molecular formula is C14H27N3O. The molecule has 1 heterocycles. The van der Waals surface area contributed by atoms with E-state index < -0.39 is 0 Å². The van der Waals surface area contributed by atoms with Crippen LogP contribution in [-0.4, -0.2) is 36.3 Å². The average molecular weight is 253 g/mol. The Morgan fingerprint density at radius 2 is 2.06 bits per heavy atom. The molecule has 104 valence electrons. The van der Waals surface area contributed by atoms with Gasteiger partial charge in [-0.3, -0.25) is 0 Å². The monoisotopic (exact) mass is 253 g/mol. The minimum Gasteiger partial charge on any atom is -0.381 e. The first kappa shape index (κ1) is 15.2. The van der Waals surface area contributed by atoms with Crippen molar-refractivity contribution in [3.8, 4) is 0 Å². The minimum absolute atomic E-state index is 0.274. The van der Waals surface area contributed by atoms with Gasteiger partial charge < -0.3 is 15.0 Å². The molecule has 0 amide bonds. The van der Waals surface area contributed by atoms with Gasteiger partial charge in [-0.15, -0.1) is 0 Å². The van der Waals surface area contributed by atoms with Gasteiger partial charge in [0, 0.05) is 25.4 Å². The number of rotatable bonds is 9. The van der Waals surface area contributed by atoms with Crippen molar-refractivity contribution in [2.24, 2.45) is 5.41 Å². The molecule has 0 atom stereocenters. The van der Waals surface area contributed by atoms with Gasteiger partial charge in [-0.1, -0.05) is 20.8 Å². The topological polar surface area (TPSA) is 49.9 Å². The smallest absolute Gasteiger partial charge is 0.106 e. The van der Waals surface area contributed by atoms with E-state index in [1.54, 1.807) is 6.20 Å². The largest absolute Gasteiger partial charge is 0.381 e. The fourth-order valence-corrected chi connectivity index (χ4v) is 1.62. The zero-order valence-electron chi connectivity index (χ0n) is 12.0. The number of aryl methyl sites for hydroxylation is 1. The second-order valence-electron chi connectivity index (χ2n) is 5.86. The molecule has 4 nitrogen and oxygen atoms in total. The van der Waals surface area contributed by atoms with Crippen molar-refractivity contribution in [2.75, 3.05) is 26.3 Å². The maximum atomic E-state index is 5.61. The maximum Gasteiger partial charge on any atom is 0.106 e. The third-order valence-corrected chi connectivity index (χ3v) is 2.50. The molecule has 0 saturated heterocycles. The number of imidazole rings is 1. The summed E-state index contributed by atoms with van der Waals surface area (Å²) in [5, 5.41) is 3.42. The number of aromatic amines is 1. The van der Waals surface area contributed by atoms with Gasteiger partial charge in [0.1, 0.15) is 5.82 Å². The summed E-state index contributed by atoms with van der Waals surface area (Å²) >= 11 is 0. The van der Waals surface area contributed by atoms with Crippen molar-refractivity contribution in [1.29, 1.82) is 0 Å². The van der Waals surface area contributed by atoms with Gasteiger partial charge in [0.25, 0.3) is 0 Å². The first-order valence-corrected chi connectivity index (χ1v) is 6.85. The summed E-state index contributed by atoms with van der Waals surface area (Å²) in [6.07, 6.45) is 6.89. The summed E-state index contributed by atoms with van der Waals surface area (Å²) in [5.41, 5.74) is 0.274. The Kier molecular flexibility index (Phi) is 6.98. The predicted molar refractivity (Wildman–Crippen MR) is 74.7 cm³/mol. The van der Waals surface area contributed by atoms with Crippen LogP contribution in [0.1, 0.15) is 39.4 Å². The molecule has 0 aliphatic heterocycles. The van der Waals surface area contributed by atoms with Crippen LogP contribution in [0.15, 0.2) is 12.4 Å². The van der Waals surface area contributed by atoms with Gasteiger partial charge in [0.05, 0.1) is 6.61 Å². The van der Waals surface area contributed by atoms with Crippen molar-refractivity contribution in [3.63, 3.8) is 0 Å². The first-order chi connectivity index (χ1) is 8.58. The van der Waals surface area contributed by atoms with Crippen molar-refractivity contribution >= 4 is 0 Å². The van der Waals surface area contributed by atoms with E-state index in [2.05, 4.69) is 36.1 Å². The number of hydrogen-bond donors (Lipinski definition) is 2. The van der Waals surface area contributed by atoms with Crippen LogP contribution in [0.4, 0.5) is 0 Å². The van der Waals surface area contributed by atoms with E-state index in [0.29, 0.717) is 0 Å². The standard InChI is InChI=1S/C14H27N3O/c1-14(2,3)12-18-11-5-8-15-7-4-6-13-16-9-10-17-13/h9-10,15H,4-8,11-12H2,1-3H3,(H,16,17). The fraction of sp³-hybridized carbons (Fsp3) is 0.786. The molecule has 0 aromatic carbocycles. The predicted octanol–water partition coefficient (Wildman–Crippen LogP) is 2.38. The Labute approximate surface area is 111 Å². The van der Waals surface area contributed by atoms with Crippen LogP contribution in [0.3, 0.4) is 0 Å². The van der Waals surface area contributed by atoms with Gasteiger partial charge in [-0.2, -0.15) is 0 Å². The van der Waals surface area contributed by atoms with Gasteiger partial charge >= 0.3 is 0 Å². The third-order valence-electron chi connectivity index (χ3n) is 2.50. The van der Waals surface area contributed by atoms with Crippen LogP contribution in [-0.2, 0) is 11.2 Å². The molecule has 0 aliphatic carbocycles. The SMILES string of the molecule is CC(C)(C)COCCCNCCCc1ncc[nH]1. The van der Waals surface area contributed by atoms with Crippen LogP contribution >= 0.6 is 0 Å². The van der Waals surface area contributed by atoms with Gasteiger partial charge in [-0.05, 0) is 31.3 Å². The molecule has 0 saturated carbocycles. The molecule has 4 heteroatoms. The quantitative estimate of drug-likeness (QED) is 0.664. The second-order valence-corrected chi connectivity index (χ2v) is 5.86. The molecule has 18 heavy (non-hydrogen) atoms. The van der Waals surface area contributed by atoms with Gasteiger partial charge in [-0.25, -0.2) is 4.98 Å². The van der Waals surface area contributed by atoms with Crippen LogP contribution in [0.25, 0.3) is 0 Å². The molecule has 0 aliphatic rings. The molecule has 2 N–H and O–H groups in total. The molecule has 1 aromatic heterocycles. The highest BCUT2D eigenvalue weighted by Crippen LogP contribution is 2.12. The Bertz CT molecular complexity index is 290. The lowest BCUT2D eigenvalue weighted by Gasteiger charge is -2.17. The van der Waals surface area contributed by atoms with Crippen molar-refractivity contribution < 1.29 is 4.74 Å². The highest BCUT2D eigenvalue weighted by atomic mass is 16.5. The van der Waals surface area contributed by atoms with E-state index in [0.717, 1.165) is 51.4 Å². The van der Waals surface area contributed by atoms with Crippen LogP contribution in [0.5, 0.6) is 0 Å². The molecular weight excluding hydrogens is 226 g/mol. The van der Waals surface area contributed by atoms with Crippen molar-refractivity contribution in [2.45, 2.75) is 40.0 Å². The Morgan fingerprint density at radius 3 is 2.72 bits per heavy atom. The highest BCUT2D eigenvalue weighted by Gasteiger charge is 2.09. The highest BCUT2D eigenvalue weighted by molar-refractivity contribution is 4.86. The zero-order chi connectivity index (χ0) is 13.3. The minimum atomic E-state index is 0.274. The van der Waals surface area contributed by atoms with E-state index in [1.807, 2.05) is 6.20 Å². The lowest BCUT2D eigenvalue weighted by atomic mass is 9.99. The summed E-state index contributed by atoms with van der Waals surface area (Å²) in [5.74, 6) is 1.07. The fourth-order valence-electron chi connectivity index (χ4n) is 1.62. The van der Waals surface area contributed by atoms with E-state index in [9.17, 15) is 0 Å². The zero-order valence-corrected chi connectivity index (χ0v) is 12.0. The first-order valence-electron chi connectivity index (χ1n) is 6.85. The lowest BCUT2D eigenvalue weighted by molar-refractivity contribution is 0.0698. The van der Waals surface area contributed by atoms with Crippen molar-refractivity contribution in [3.05, 3.63) is 18.2 Å². The number of H-pyrrole nitrogens is 1. The van der Waals surface area contributed by atoms with E-state index in [1.165, 1.54) is 0 Å². The summed E-state index contributed by atoms with van der Waals surface area (Å²) in [7, 11) is 0. The molecule has 0 radical (unpaired) electrons. The van der Waals surface area contributed by atoms with Crippen LogP contribution in [0, 0.1) is 5.41 Å². The lowest BCUT2D eigenvalue weighted by Crippen LogP contribution is -2.20. The number of ether oxygens (including phenoxy) is 1. The average Bonchev–Trinajstić information content (AvgIpc) is 2.78. The molecule has 1 rings (SSSR count). The van der Waals surface area contributed by atoms with Crippen LogP contribution in [0.2, 0.25) is 0 Å². The summed E-state index contributed by atoms with van der Waals surface area (Å²) in [6, 6.07) is 0. The van der Waals surface area contributed by atoms with Gasteiger partial charge in [0.2, 0.25) is 0 Å². The Hall–Kier alpha value is -0.870. The Balaban J connectivity index is 1.82.